The second-order valence-corrected chi connectivity index (χ2v) is 20.9. The van der Waals surface area contributed by atoms with Gasteiger partial charge in [0.15, 0.2) is 0 Å². The van der Waals surface area contributed by atoms with E-state index in [1.165, 1.54) is 12.1 Å². The molecule has 2 saturated heterocycles. The molecule has 398 valence electrons. The molecule has 0 radical (unpaired) electrons. The molecule has 1 unspecified atom stereocenters. The number of halogens is 2. The fraction of sp³-hybridized carbons (Fsp3) is 0.393. The van der Waals surface area contributed by atoms with Gasteiger partial charge in [-0.25, -0.2) is 14.2 Å². The molecule has 2 aliphatic rings. The first-order valence-corrected chi connectivity index (χ1v) is 25.8. The number of carbonyl (C=O) groups excluding carboxylic acids is 5. The smallest absolute Gasteiger partial charge is 0.358 e. The number of ether oxygens (including phenoxy) is 3. The van der Waals surface area contributed by atoms with Gasteiger partial charge < -0.3 is 33.6 Å². The molecule has 0 aliphatic carbocycles. The highest BCUT2D eigenvalue weighted by atomic mass is 35.5. The molecule has 2 fully saturated rings. The number of esters is 2. The van der Waals surface area contributed by atoms with Gasteiger partial charge in [0.2, 0.25) is 18.6 Å². The third-order valence-electron chi connectivity index (χ3n) is 14.3. The number of amides is 3. The Bertz CT molecular complexity index is 3460. The van der Waals surface area contributed by atoms with Gasteiger partial charge in [0, 0.05) is 80.3 Å². The second-order valence-electron chi connectivity index (χ2n) is 20.4. The van der Waals surface area contributed by atoms with Crippen LogP contribution in [0.15, 0.2) is 66.7 Å². The van der Waals surface area contributed by atoms with Crippen molar-refractivity contribution in [1.29, 1.82) is 5.41 Å². The first-order valence-electron chi connectivity index (χ1n) is 25.4. The molecular formula is C56H62ClFN10O8. The van der Waals surface area contributed by atoms with Crippen LogP contribution in [0.3, 0.4) is 0 Å². The molecule has 7 aromatic rings. The lowest BCUT2D eigenvalue weighted by atomic mass is 9.98. The van der Waals surface area contributed by atoms with Crippen molar-refractivity contribution in [2.75, 3.05) is 46.1 Å². The number of piperazine rings is 1. The molecule has 20 heteroatoms. The lowest BCUT2D eigenvalue weighted by Gasteiger charge is -2.36. The van der Waals surface area contributed by atoms with Crippen LogP contribution >= 0.6 is 11.6 Å². The number of nitrogens with one attached hydrogen (secondary N) is 3. The summed E-state index contributed by atoms with van der Waals surface area (Å²) in [4.78, 5) is 74.1. The van der Waals surface area contributed by atoms with Gasteiger partial charge in [0.05, 0.1) is 45.9 Å². The lowest BCUT2D eigenvalue weighted by molar-refractivity contribution is -0.161. The Morgan fingerprint density at radius 2 is 1.67 bits per heavy atom. The molecule has 3 aromatic heterocycles. The number of hydrogen-bond donors (Lipinski definition) is 3. The van der Waals surface area contributed by atoms with Crippen molar-refractivity contribution in [3.05, 3.63) is 112 Å². The van der Waals surface area contributed by atoms with Gasteiger partial charge in [0.1, 0.15) is 40.5 Å². The molecule has 18 nitrogen and oxygen atoms in total. The number of imidazole rings is 1. The first kappa shape index (κ1) is 53.2. The van der Waals surface area contributed by atoms with Crippen LogP contribution in [0.1, 0.15) is 83.7 Å². The maximum atomic E-state index is 14.7. The van der Waals surface area contributed by atoms with Gasteiger partial charge in [-0.3, -0.25) is 39.5 Å². The number of imide groups is 1. The van der Waals surface area contributed by atoms with E-state index in [0.717, 1.165) is 44.2 Å². The third-order valence-corrected chi connectivity index (χ3v) is 14.6. The van der Waals surface area contributed by atoms with Gasteiger partial charge in [0.25, 0.3) is 5.91 Å². The third kappa shape index (κ3) is 10.9. The zero-order chi connectivity index (χ0) is 54.2. The summed E-state index contributed by atoms with van der Waals surface area (Å²) in [6, 6.07) is 18.2. The summed E-state index contributed by atoms with van der Waals surface area (Å²) in [6.07, 6.45) is 1.22. The Morgan fingerprint density at radius 3 is 2.39 bits per heavy atom. The highest BCUT2D eigenvalue weighted by Gasteiger charge is 2.32. The molecule has 0 saturated carbocycles. The molecule has 4 aromatic carbocycles. The zero-order valence-electron chi connectivity index (χ0n) is 43.8. The molecule has 0 spiro atoms. The Labute approximate surface area is 443 Å². The molecule has 76 heavy (non-hydrogen) atoms. The van der Waals surface area contributed by atoms with Crippen LogP contribution in [-0.2, 0) is 50.4 Å². The number of rotatable bonds is 16. The van der Waals surface area contributed by atoms with E-state index in [0.29, 0.717) is 96.8 Å². The quantitative estimate of drug-likeness (QED) is 0.0212. The van der Waals surface area contributed by atoms with Crippen molar-refractivity contribution in [2.24, 2.45) is 12.5 Å². The second kappa shape index (κ2) is 21.9. The Morgan fingerprint density at radius 1 is 0.921 bits per heavy atom. The number of piperidine rings is 1. The SMILES string of the molecule is Cc1nn(C)c(C)c1-c1c(Cl)ccc2c(CCCOc3cccc4cc(F)ccc34)c(C(=O)OCOC(=O)C(C)(C)C)n(CCN3CCN(C(=N)Cn4c(C)nc5c(C(=O)NC6CCC(=O)NC6=O)cccc54)CC3)c12. The fourth-order valence-electron chi connectivity index (χ4n) is 10.2. The van der Waals surface area contributed by atoms with E-state index in [4.69, 9.17) is 35.9 Å². The molecular weight excluding hydrogens is 995 g/mol. The van der Waals surface area contributed by atoms with E-state index < -0.39 is 42.0 Å². The average Bonchev–Trinajstić information content (AvgIpc) is 4.02. The monoisotopic (exact) mass is 1060 g/mol. The van der Waals surface area contributed by atoms with Crippen LogP contribution in [0.25, 0.3) is 43.8 Å². The van der Waals surface area contributed by atoms with Crippen LogP contribution < -0.4 is 15.4 Å². The topological polar surface area (TPSA) is 208 Å². The Kier molecular flexibility index (Phi) is 15.3. The van der Waals surface area contributed by atoms with Gasteiger partial charge in [-0.15, -0.1) is 0 Å². The van der Waals surface area contributed by atoms with Crippen LogP contribution in [0.2, 0.25) is 5.02 Å². The number of aromatic nitrogens is 5. The number of hydrogen-bond acceptors (Lipinski definition) is 12. The summed E-state index contributed by atoms with van der Waals surface area (Å²) in [5.41, 5.74) is 5.55. The van der Waals surface area contributed by atoms with E-state index in [9.17, 15) is 33.8 Å². The zero-order valence-corrected chi connectivity index (χ0v) is 44.5. The van der Waals surface area contributed by atoms with Crippen LogP contribution in [-0.4, -0.2) is 121 Å². The average molecular weight is 1060 g/mol. The molecule has 0 bridgehead atoms. The predicted molar refractivity (Wildman–Crippen MR) is 286 cm³/mol. The number of carbonyl (C=O) groups is 5. The van der Waals surface area contributed by atoms with E-state index in [-0.39, 0.29) is 43.3 Å². The van der Waals surface area contributed by atoms with Crippen molar-refractivity contribution < 1.29 is 42.6 Å². The van der Waals surface area contributed by atoms with Crippen molar-refractivity contribution in [3.63, 3.8) is 0 Å². The van der Waals surface area contributed by atoms with E-state index >= 15 is 0 Å². The standard InChI is InChI=1S/C56H62ClFN10O8/c1-32-47(33(2)64(7)63-32)48-41(57)19-18-39-38(13-10-28-74-44-15-8-11-35-29-36(58)16-17-37(35)44)51(54(72)75-31-76-55(73)56(4,5)6)67(50(39)48)27-24-65-22-25-66(26-23-65)45(59)30-68-34(3)60-49-40(12-9-14-43(49)68)52(70)61-42-20-21-46(69)62-53(42)71/h8-9,11-12,14-19,29,42,59H,10,13,20-28,30-31H2,1-7H3,(H,61,70)(H,62,69,71). The van der Waals surface area contributed by atoms with E-state index in [1.807, 2.05) is 82.9 Å². The number of aryl methyl sites for hydroxylation is 4. The van der Waals surface area contributed by atoms with Crippen molar-refractivity contribution in [3.8, 4) is 16.9 Å². The van der Waals surface area contributed by atoms with Crippen molar-refractivity contribution in [1.82, 2.24) is 44.3 Å². The van der Waals surface area contributed by atoms with Crippen molar-refractivity contribution >= 4 is 79.8 Å². The van der Waals surface area contributed by atoms with Gasteiger partial charge in [-0.1, -0.05) is 35.9 Å². The molecule has 3 amide bonds. The molecule has 9 rings (SSSR count). The van der Waals surface area contributed by atoms with Gasteiger partial charge >= 0.3 is 11.9 Å². The maximum absolute atomic E-state index is 14.7. The number of nitrogens with zero attached hydrogens (tertiary/aromatic N) is 7. The highest BCUT2D eigenvalue weighted by molar-refractivity contribution is 6.35. The summed E-state index contributed by atoms with van der Waals surface area (Å²) >= 11 is 7.22. The molecule has 5 heterocycles. The summed E-state index contributed by atoms with van der Waals surface area (Å²) in [6.45, 7) is 14.0. The summed E-state index contributed by atoms with van der Waals surface area (Å²) < 4.78 is 37.4. The van der Waals surface area contributed by atoms with Crippen LogP contribution in [0, 0.1) is 37.4 Å². The minimum atomic E-state index is -0.837. The normalized spacial score (nSPS) is 15.4. The molecule has 2 aliphatic heterocycles. The maximum Gasteiger partial charge on any atom is 0.358 e. The largest absolute Gasteiger partial charge is 0.493 e. The van der Waals surface area contributed by atoms with Crippen LogP contribution in [0.4, 0.5) is 4.39 Å². The minimum absolute atomic E-state index is 0.132. The Balaban J connectivity index is 0.967. The van der Waals surface area contributed by atoms with Crippen LogP contribution in [0.5, 0.6) is 5.75 Å². The molecule has 1 atom stereocenters. The summed E-state index contributed by atoms with van der Waals surface area (Å²) in [5.74, 6) is -1.31. The molecule has 3 N–H and O–H groups in total. The highest BCUT2D eigenvalue weighted by Crippen LogP contribution is 2.42. The van der Waals surface area contributed by atoms with E-state index in [2.05, 4.69) is 15.5 Å². The summed E-state index contributed by atoms with van der Waals surface area (Å²) in [7, 11) is 1.88. The number of amidine groups is 1. The number of para-hydroxylation sites is 1. The fourth-order valence-corrected chi connectivity index (χ4v) is 10.5. The summed E-state index contributed by atoms with van der Waals surface area (Å²) in [5, 5.41) is 21.8. The van der Waals surface area contributed by atoms with Crippen molar-refractivity contribution in [2.45, 2.75) is 86.4 Å². The Hall–Kier alpha value is -7.64. The van der Waals surface area contributed by atoms with Gasteiger partial charge in [-0.05, 0) is 114 Å². The van der Waals surface area contributed by atoms with E-state index in [1.54, 1.807) is 39.0 Å². The predicted octanol–water partition coefficient (Wildman–Crippen LogP) is 7.81. The first-order chi connectivity index (χ1) is 36.3. The number of benzene rings is 4. The number of fused-ring (bicyclic) bond motifs is 3. The lowest BCUT2D eigenvalue weighted by Crippen LogP contribution is -2.52. The minimum Gasteiger partial charge on any atom is -0.493 e. The van der Waals surface area contributed by atoms with Gasteiger partial charge in [-0.2, -0.15) is 5.10 Å².